The summed E-state index contributed by atoms with van der Waals surface area (Å²) < 4.78 is 3.44. The summed E-state index contributed by atoms with van der Waals surface area (Å²) in [5.41, 5.74) is 4.46. The number of anilines is 1. The van der Waals surface area contributed by atoms with Gasteiger partial charge in [-0.1, -0.05) is 12.1 Å². The molecule has 0 aliphatic heterocycles. The third kappa shape index (κ3) is 2.61. The molecular formula is C18H17N7O. The minimum Gasteiger partial charge on any atom is -0.322 e. The predicted octanol–water partition coefficient (Wildman–Crippen LogP) is 2.39. The number of amides is 1. The van der Waals surface area contributed by atoms with Crippen LogP contribution in [0.4, 0.5) is 5.69 Å². The standard InChI is InChI=1S/C18H17N7O/c1-11-7-19-16-14(8-21-25(16)9-11)18(26)22-15-6-4-5-13(12(15)2)17-23-20-10-24(17)3/h4-10H,1-3H3,(H,22,26). The van der Waals surface area contributed by atoms with E-state index in [1.165, 1.54) is 6.20 Å². The lowest BCUT2D eigenvalue weighted by Gasteiger charge is -2.11. The van der Waals surface area contributed by atoms with Gasteiger partial charge in [-0.05, 0) is 31.0 Å². The molecule has 1 aromatic carbocycles. The van der Waals surface area contributed by atoms with Crippen LogP contribution in [0.25, 0.3) is 17.0 Å². The molecule has 1 N–H and O–H groups in total. The number of carbonyl (C=O) groups excluding carboxylic acids is 1. The molecule has 0 fully saturated rings. The molecule has 4 rings (SSSR count). The minimum absolute atomic E-state index is 0.255. The molecular weight excluding hydrogens is 330 g/mol. The molecule has 8 nitrogen and oxygen atoms in total. The van der Waals surface area contributed by atoms with Crippen molar-refractivity contribution in [3.05, 3.63) is 59.8 Å². The highest BCUT2D eigenvalue weighted by atomic mass is 16.1. The van der Waals surface area contributed by atoms with Crippen LogP contribution in [0.15, 0.2) is 43.1 Å². The lowest BCUT2D eigenvalue weighted by Crippen LogP contribution is -2.13. The van der Waals surface area contributed by atoms with Crippen LogP contribution in [0.3, 0.4) is 0 Å². The Morgan fingerprint density at radius 2 is 2.04 bits per heavy atom. The monoisotopic (exact) mass is 347 g/mol. The highest BCUT2D eigenvalue weighted by Gasteiger charge is 2.17. The Kier molecular flexibility index (Phi) is 3.72. The SMILES string of the molecule is Cc1cnc2c(C(=O)Nc3cccc(-c4nncn4C)c3C)cnn2c1. The zero-order valence-corrected chi connectivity index (χ0v) is 14.6. The Morgan fingerprint density at radius 3 is 2.81 bits per heavy atom. The summed E-state index contributed by atoms with van der Waals surface area (Å²) in [5, 5.41) is 15.2. The van der Waals surface area contributed by atoms with Crippen molar-refractivity contribution < 1.29 is 4.79 Å². The van der Waals surface area contributed by atoms with Gasteiger partial charge in [0.25, 0.3) is 5.91 Å². The normalized spacial score (nSPS) is 11.0. The predicted molar refractivity (Wildman–Crippen MR) is 96.9 cm³/mol. The molecule has 1 amide bonds. The van der Waals surface area contributed by atoms with Gasteiger partial charge in [0.05, 0.1) is 6.20 Å². The fourth-order valence-corrected chi connectivity index (χ4v) is 2.86. The second-order valence-corrected chi connectivity index (χ2v) is 6.16. The molecule has 0 aliphatic carbocycles. The van der Waals surface area contributed by atoms with Crippen LogP contribution in [0, 0.1) is 13.8 Å². The van der Waals surface area contributed by atoms with Crippen molar-refractivity contribution in [3.8, 4) is 11.4 Å². The van der Waals surface area contributed by atoms with Crippen LogP contribution < -0.4 is 5.32 Å². The van der Waals surface area contributed by atoms with Crippen molar-refractivity contribution in [3.63, 3.8) is 0 Å². The molecule has 4 aromatic rings. The van der Waals surface area contributed by atoms with Crippen LogP contribution in [0.5, 0.6) is 0 Å². The zero-order valence-electron chi connectivity index (χ0n) is 14.6. The van der Waals surface area contributed by atoms with Crippen molar-refractivity contribution in [2.75, 3.05) is 5.32 Å². The minimum atomic E-state index is -0.255. The van der Waals surface area contributed by atoms with E-state index < -0.39 is 0 Å². The summed E-state index contributed by atoms with van der Waals surface area (Å²) in [6.45, 7) is 3.87. The third-order valence-electron chi connectivity index (χ3n) is 4.26. The van der Waals surface area contributed by atoms with Gasteiger partial charge in [-0.25, -0.2) is 9.50 Å². The smallest absolute Gasteiger partial charge is 0.261 e. The lowest BCUT2D eigenvalue weighted by molar-refractivity contribution is 0.102. The van der Waals surface area contributed by atoms with Gasteiger partial charge >= 0.3 is 0 Å². The van der Waals surface area contributed by atoms with Crippen LogP contribution in [-0.4, -0.2) is 35.3 Å². The maximum absolute atomic E-state index is 12.8. The van der Waals surface area contributed by atoms with E-state index in [0.29, 0.717) is 16.9 Å². The molecule has 0 bridgehead atoms. The van der Waals surface area contributed by atoms with Gasteiger partial charge < -0.3 is 9.88 Å². The van der Waals surface area contributed by atoms with Crippen LogP contribution >= 0.6 is 0 Å². The molecule has 3 aromatic heterocycles. The average molecular weight is 347 g/mol. The van der Waals surface area contributed by atoms with E-state index in [4.69, 9.17) is 0 Å². The molecule has 0 spiro atoms. The number of fused-ring (bicyclic) bond motifs is 1. The number of hydrogen-bond donors (Lipinski definition) is 1. The number of nitrogens with one attached hydrogen (secondary N) is 1. The van der Waals surface area contributed by atoms with E-state index in [0.717, 1.165) is 22.5 Å². The third-order valence-corrected chi connectivity index (χ3v) is 4.26. The Labute approximate surface area is 149 Å². The molecule has 0 radical (unpaired) electrons. The fraction of sp³-hybridized carbons (Fsp3) is 0.167. The molecule has 8 heteroatoms. The summed E-state index contributed by atoms with van der Waals surface area (Å²) >= 11 is 0. The summed E-state index contributed by atoms with van der Waals surface area (Å²) in [4.78, 5) is 17.1. The molecule has 0 saturated carbocycles. The molecule has 0 aliphatic rings. The van der Waals surface area contributed by atoms with Gasteiger partial charge in [-0.3, -0.25) is 4.79 Å². The van der Waals surface area contributed by atoms with Crippen LogP contribution in [-0.2, 0) is 7.05 Å². The van der Waals surface area contributed by atoms with Gasteiger partial charge in [0.2, 0.25) is 0 Å². The molecule has 26 heavy (non-hydrogen) atoms. The molecule has 3 heterocycles. The van der Waals surface area contributed by atoms with Crippen molar-refractivity contribution >= 4 is 17.2 Å². The first-order chi connectivity index (χ1) is 12.5. The molecule has 130 valence electrons. The number of hydrogen-bond acceptors (Lipinski definition) is 5. The van der Waals surface area contributed by atoms with E-state index in [-0.39, 0.29) is 5.91 Å². The average Bonchev–Trinajstić information content (AvgIpc) is 3.22. The molecule has 0 atom stereocenters. The van der Waals surface area contributed by atoms with Crippen molar-refractivity contribution in [1.82, 2.24) is 29.4 Å². The first-order valence-electron chi connectivity index (χ1n) is 8.10. The number of benzene rings is 1. The second-order valence-electron chi connectivity index (χ2n) is 6.16. The van der Waals surface area contributed by atoms with Gasteiger partial charge in [0.15, 0.2) is 11.5 Å². The van der Waals surface area contributed by atoms with Crippen LogP contribution in [0.1, 0.15) is 21.5 Å². The van der Waals surface area contributed by atoms with E-state index in [1.807, 2.05) is 49.9 Å². The highest BCUT2D eigenvalue weighted by Crippen LogP contribution is 2.27. The van der Waals surface area contributed by atoms with Crippen LogP contribution in [0.2, 0.25) is 0 Å². The fourth-order valence-electron chi connectivity index (χ4n) is 2.86. The summed E-state index contributed by atoms with van der Waals surface area (Å²) in [6, 6.07) is 5.69. The summed E-state index contributed by atoms with van der Waals surface area (Å²) in [5.74, 6) is 0.487. The Morgan fingerprint density at radius 1 is 1.19 bits per heavy atom. The first-order valence-corrected chi connectivity index (χ1v) is 8.10. The van der Waals surface area contributed by atoms with Crippen molar-refractivity contribution in [1.29, 1.82) is 0 Å². The van der Waals surface area contributed by atoms with E-state index in [1.54, 1.807) is 17.0 Å². The second kappa shape index (κ2) is 6.07. The van der Waals surface area contributed by atoms with E-state index in [9.17, 15) is 4.79 Å². The highest BCUT2D eigenvalue weighted by molar-refractivity contribution is 6.08. The lowest BCUT2D eigenvalue weighted by atomic mass is 10.1. The number of carbonyl (C=O) groups is 1. The first kappa shape index (κ1) is 15.9. The number of rotatable bonds is 3. The van der Waals surface area contributed by atoms with E-state index >= 15 is 0 Å². The topological polar surface area (TPSA) is 90.0 Å². The Hall–Kier alpha value is -3.55. The van der Waals surface area contributed by atoms with Gasteiger partial charge in [-0.2, -0.15) is 5.10 Å². The maximum Gasteiger partial charge on any atom is 0.261 e. The van der Waals surface area contributed by atoms with Crippen molar-refractivity contribution in [2.24, 2.45) is 7.05 Å². The Balaban J connectivity index is 1.69. The zero-order chi connectivity index (χ0) is 18.3. The molecule has 0 saturated heterocycles. The maximum atomic E-state index is 12.8. The molecule has 0 unspecified atom stereocenters. The van der Waals surface area contributed by atoms with Crippen molar-refractivity contribution in [2.45, 2.75) is 13.8 Å². The van der Waals surface area contributed by atoms with Gasteiger partial charge in [-0.15, -0.1) is 10.2 Å². The summed E-state index contributed by atoms with van der Waals surface area (Å²) in [7, 11) is 1.88. The summed E-state index contributed by atoms with van der Waals surface area (Å²) in [6.07, 6.45) is 6.72. The van der Waals surface area contributed by atoms with Gasteiger partial charge in [0, 0.05) is 30.7 Å². The Bertz CT molecular complexity index is 1130. The number of aromatic nitrogens is 6. The van der Waals surface area contributed by atoms with E-state index in [2.05, 4.69) is 25.6 Å². The largest absolute Gasteiger partial charge is 0.322 e. The quantitative estimate of drug-likeness (QED) is 0.614. The number of nitrogens with zero attached hydrogens (tertiary/aromatic N) is 6. The van der Waals surface area contributed by atoms with Gasteiger partial charge in [0.1, 0.15) is 11.9 Å². The number of aryl methyl sites for hydroxylation is 2.